The summed E-state index contributed by atoms with van der Waals surface area (Å²) in [6, 6.07) is 0. The van der Waals surface area contributed by atoms with Crippen LogP contribution in [0.5, 0.6) is 0 Å². The van der Waals surface area contributed by atoms with E-state index in [2.05, 4.69) is 18.0 Å². The first kappa shape index (κ1) is 24.8. The lowest BCUT2D eigenvalue weighted by atomic mass is 9.99. The number of aromatic nitrogens is 1. The van der Waals surface area contributed by atoms with Gasteiger partial charge < -0.3 is 15.2 Å². The zero-order valence-electron chi connectivity index (χ0n) is 17.1. The molecule has 2 atom stereocenters. The Kier molecular flexibility index (Phi) is 11.8. The minimum absolute atomic E-state index is 0.0905. The average molecular weight is 422 g/mol. The largest absolute Gasteiger partial charge is 0.478 e. The SMILES string of the molecule is CC(=CC(=O)O)CC/C=C/C=C[C@@H](C)CC[C@@H](O)CCCC(=O)c1csc(=O)[nH]1. The molecule has 0 fully saturated rings. The molecule has 0 unspecified atom stereocenters. The number of rotatable bonds is 14. The molecule has 0 spiro atoms. The van der Waals surface area contributed by atoms with Crippen molar-refractivity contribution in [3.63, 3.8) is 0 Å². The molecule has 1 rings (SSSR count). The number of carbonyl (C=O) groups excluding carboxylic acids is 1. The average Bonchev–Trinajstić information content (AvgIpc) is 3.08. The lowest BCUT2D eigenvalue weighted by molar-refractivity contribution is -0.131. The molecule has 1 heterocycles. The van der Waals surface area contributed by atoms with E-state index >= 15 is 0 Å². The number of nitrogens with one attached hydrogen (secondary N) is 1. The molecule has 0 radical (unpaired) electrons. The van der Waals surface area contributed by atoms with Crippen molar-refractivity contribution in [2.45, 2.75) is 64.9 Å². The number of carbonyl (C=O) groups is 2. The summed E-state index contributed by atoms with van der Waals surface area (Å²) in [5.74, 6) is -0.666. The van der Waals surface area contributed by atoms with E-state index in [1.807, 2.05) is 25.2 Å². The van der Waals surface area contributed by atoms with Crippen LogP contribution in [0, 0.1) is 5.92 Å². The standard InChI is InChI=1S/C22H31NO5S/c1-16(8-5-3-4-6-9-17(2)14-21(26)27)12-13-18(24)10-7-11-20(25)19-15-29-22(28)23-19/h3-5,8,14-16,18,24H,6-7,9-13H2,1-2H3,(H,23,28)(H,26,27)/b4-3+,8-5?,17-14?/t16-,18+/m1/s1. The first-order valence-electron chi connectivity index (χ1n) is 9.90. The molecule has 0 aliphatic rings. The molecule has 1 aromatic rings. The van der Waals surface area contributed by atoms with Gasteiger partial charge in [0.15, 0.2) is 5.78 Å². The number of carboxylic acid groups (broad SMARTS) is 1. The number of aliphatic hydroxyl groups is 1. The first-order chi connectivity index (χ1) is 13.8. The number of aromatic amines is 1. The van der Waals surface area contributed by atoms with Gasteiger partial charge in [0, 0.05) is 17.9 Å². The molecule has 0 bridgehead atoms. The number of hydrogen-bond acceptors (Lipinski definition) is 5. The lowest BCUT2D eigenvalue weighted by Crippen LogP contribution is -2.10. The zero-order valence-corrected chi connectivity index (χ0v) is 17.9. The molecule has 0 aliphatic carbocycles. The van der Waals surface area contributed by atoms with E-state index in [1.165, 1.54) is 11.5 Å². The van der Waals surface area contributed by atoms with Gasteiger partial charge in [-0.25, -0.2) is 4.79 Å². The highest BCUT2D eigenvalue weighted by Crippen LogP contribution is 2.14. The molecular weight excluding hydrogens is 390 g/mol. The summed E-state index contributed by atoms with van der Waals surface area (Å²) in [5, 5.41) is 20.3. The van der Waals surface area contributed by atoms with Crippen LogP contribution in [0.25, 0.3) is 0 Å². The third-order valence-electron chi connectivity index (χ3n) is 4.48. The monoisotopic (exact) mass is 421 g/mol. The molecule has 0 saturated carbocycles. The highest BCUT2D eigenvalue weighted by molar-refractivity contribution is 7.07. The van der Waals surface area contributed by atoms with Crippen molar-refractivity contribution in [3.05, 3.63) is 56.7 Å². The summed E-state index contributed by atoms with van der Waals surface area (Å²) in [6.07, 6.45) is 13.4. The second-order valence-electron chi connectivity index (χ2n) is 7.27. The van der Waals surface area contributed by atoms with Crippen LogP contribution in [-0.2, 0) is 4.79 Å². The van der Waals surface area contributed by atoms with Gasteiger partial charge in [0.1, 0.15) is 0 Å². The fraction of sp³-hybridized carbons (Fsp3) is 0.500. The Morgan fingerprint density at radius 1 is 1.21 bits per heavy atom. The van der Waals surface area contributed by atoms with Crippen molar-refractivity contribution < 1.29 is 19.8 Å². The summed E-state index contributed by atoms with van der Waals surface area (Å²) in [5.41, 5.74) is 1.20. The molecule has 29 heavy (non-hydrogen) atoms. The number of allylic oxidation sites excluding steroid dienone is 5. The van der Waals surface area contributed by atoms with Crippen LogP contribution in [0.3, 0.4) is 0 Å². The van der Waals surface area contributed by atoms with Gasteiger partial charge in [-0.3, -0.25) is 9.59 Å². The van der Waals surface area contributed by atoms with Crippen molar-refractivity contribution in [3.8, 4) is 0 Å². The molecule has 0 aliphatic heterocycles. The Balaban J connectivity index is 2.16. The summed E-state index contributed by atoms with van der Waals surface area (Å²) in [4.78, 5) is 35.8. The topological polar surface area (TPSA) is 107 Å². The van der Waals surface area contributed by atoms with Crippen molar-refractivity contribution in [1.29, 1.82) is 0 Å². The van der Waals surface area contributed by atoms with Gasteiger partial charge in [-0.05, 0) is 51.4 Å². The van der Waals surface area contributed by atoms with E-state index in [4.69, 9.17) is 5.11 Å². The molecular formula is C22H31NO5S. The zero-order chi connectivity index (χ0) is 21.6. The number of H-pyrrole nitrogens is 1. The predicted octanol–water partition coefficient (Wildman–Crippen LogP) is 4.49. The van der Waals surface area contributed by atoms with Gasteiger partial charge in [-0.15, -0.1) is 0 Å². The lowest BCUT2D eigenvalue weighted by Gasteiger charge is -2.12. The molecule has 7 heteroatoms. The van der Waals surface area contributed by atoms with E-state index in [-0.39, 0.29) is 10.7 Å². The van der Waals surface area contributed by atoms with Gasteiger partial charge >= 0.3 is 10.8 Å². The highest BCUT2D eigenvalue weighted by atomic mass is 32.1. The van der Waals surface area contributed by atoms with Gasteiger partial charge in [0.2, 0.25) is 0 Å². The molecule has 0 amide bonds. The minimum Gasteiger partial charge on any atom is -0.478 e. The third-order valence-corrected chi connectivity index (χ3v) is 5.15. The first-order valence-corrected chi connectivity index (χ1v) is 10.8. The molecule has 1 aromatic heterocycles. The van der Waals surface area contributed by atoms with Crippen LogP contribution < -0.4 is 4.87 Å². The van der Waals surface area contributed by atoms with Gasteiger partial charge in [-0.2, -0.15) is 0 Å². The number of aliphatic hydroxyl groups excluding tert-OH is 1. The van der Waals surface area contributed by atoms with Crippen molar-refractivity contribution >= 4 is 23.1 Å². The van der Waals surface area contributed by atoms with Crippen LogP contribution in [0.4, 0.5) is 0 Å². The second kappa shape index (κ2) is 13.8. The van der Waals surface area contributed by atoms with E-state index in [0.29, 0.717) is 37.3 Å². The Bertz CT molecular complexity index is 787. The number of carboxylic acids is 1. The quantitative estimate of drug-likeness (QED) is 0.233. The van der Waals surface area contributed by atoms with Crippen molar-refractivity contribution in [1.82, 2.24) is 4.98 Å². The number of hydrogen-bond donors (Lipinski definition) is 3. The fourth-order valence-corrected chi connectivity index (χ4v) is 3.35. The van der Waals surface area contributed by atoms with E-state index in [1.54, 1.807) is 0 Å². The molecule has 6 nitrogen and oxygen atoms in total. The van der Waals surface area contributed by atoms with Crippen molar-refractivity contribution in [2.75, 3.05) is 0 Å². The van der Waals surface area contributed by atoms with Gasteiger partial charge in [-0.1, -0.05) is 48.1 Å². The maximum absolute atomic E-state index is 11.9. The Morgan fingerprint density at radius 3 is 2.62 bits per heavy atom. The summed E-state index contributed by atoms with van der Waals surface area (Å²) in [6.45, 7) is 3.90. The maximum Gasteiger partial charge on any atom is 0.328 e. The molecule has 0 saturated heterocycles. The molecule has 3 N–H and O–H groups in total. The third kappa shape index (κ3) is 12.0. The van der Waals surface area contributed by atoms with E-state index < -0.39 is 12.1 Å². The summed E-state index contributed by atoms with van der Waals surface area (Å²) in [7, 11) is 0. The number of aliphatic carboxylic acids is 1. The normalized spacial score (nSPS) is 14.5. The minimum atomic E-state index is -0.909. The Hall–Kier alpha value is -2.25. The van der Waals surface area contributed by atoms with Crippen LogP contribution in [0.1, 0.15) is 69.3 Å². The van der Waals surface area contributed by atoms with Crippen LogP contribution in [0.2, 0.25) is 0 Å². The van der Waals surface area contributed by atoms with E-state index in [0.717, 1.165) is 36.2 Å². The summed E-state index contributed by atoms with van der Waals surface area (Å²) >= 11 is 0.981. The molecule has 160 valence electrons. The van der Waals surface area contributed by atoms with Crippen LogP contribution in [0.15, 0.2) is 46.1 Å². The van der Waals surface area contributed by atoms with Gasteiger partial charge in [0.25, 0.3) is 0 Å². The maximum atomic E-state index is 11.9. The smallest absolute Gasteiger partial charge is 0.328 e. The number of Topliss-reactive ketones (excluding diaryl/α,β-unsaturated/α-hetero) is 1. The predicted molar refractivity (Wildman–Crippen MR) is 116 cm³/mol. The van der Waals surface area contributed by atoms with Crippen molar-refractivity contribution in [2.24, 2.45) is 5.92 Å². The summed E-state index contributed by atoms with van der Waals surface area (Å²) < 4.78 is 0. The Morgan fingerprint density at radius 2 is 1.97 bits per heavy atom. The Labute approximate surface area is 175 Å². The van der Waals surface area contributed by atoms with Crippen LogP contribution >= 0.6 is 11.3 Å². The van der Waals surface area contributed by atoms with Crippen LogP contribution in [-0.4, -0.2) is 33.1 Å². The van der Waals surface area contributed by atoms with Gasteiger partial charge in [0.05, 0.1) is 11.8 Å². The highest BCUT2D eigenvalue weighted by Gasteiger charge is 2.11. The second-order valence-corrected chi connectivity index (χ2v) is 8.11. The number of thiazole rings is 1. The fourth-order valence-electron chi connectivity index (χ4n) is 2.77. The molecule has 0 aromatic carbocycles. The van der Waals surface area contributed by atoms with E-state index in [9.17, 15) is 19.5 Å². The number of ketones is 1.